The van der Waals surface area contributed by atoms with Gasteiger partial charge in [-0.3, -0.25) is 19.2 Å². The first-order valence-electron chi connectivity index (χ1n) is 11.3. The van der Waals surface area contributed by atoms with E-state index < -0.39 is 72.7 Å². The van der Waals surface area contributed by atoms with Crippen molar-refractivity contribution in [2.24, 2.45) is 17.4 Å². The van der Waals surface area contributed by atoms with Crippen molar-refractivity contribution in [2.75, 3.05) is 6.61 Å². The molecule has 0 aliphatic heterocycles. The maximum atomic E-state index is 13.1. The average molecular weight is 505 g/mol. The summed E-state index contributed by atoms with van der Waals surface area (Å²) in [6, 6.07) is 2.00. The summed E-state index contributed by atoms with van der Waals surface area (Å²) in [4.78, 5) is 63.8. The van der Waals surface area contributed by atoms with E-state index >= 15 is 0 Å². The Hall–Kier alpha value is -3.97. The number of fused-ring (bicyclic) bond motifs is 1. The number of nitrogens with one attached hydrogen (secondary N) is 4. The van der Waals surface area contributed by atoms with Crippen LogP contribution in [0.2, 0.25) is 0 Å². The summed E-state index contributed by atoms with van der Waals surface area (Å²) in [5.74, 6) is -5.06. The van der Waals surface area contributed by atoms with E-state index in [1.165, 1.54) is 0 Å². The number of aliphatic hydroxyl groups excluding tert-OH is 1. The Labute approximate surface area is 207 Å². The van der Waals surface area contributed by atoms with Gasteiger partial charge in [0, 0.05) is 23.5 Å². The van der Waals surface area contributed by atoms with Crippen LogP contribution in [0.5, 0.6) is 0 Å². The highest BCUT2D eigenvalue weighted by Gasteiger charge is 2.32. The van der Waals surface area contributed by atoms with Crippen molar-refractivity contribution >= 4 is 40.5 Å². The predicted molar refractivity (Wildman–Crippen MR) is 129 cm³/mol. The summed E-state index contributed by atoms with van der Waals surface area (Å²) in [5.41, 5.74) is 12.1. The van der Waals surface area contributed by atoms with Gasteiger partial charge in [0.25, 0.3) is 0 Å². The Morgan fingerprint density at radius 2 is 1.58 bits per heavy atom. The van der Waals surface area contributed by atoms with Crippen LogP contribution >= 0.6 is 0 Å². The second kappa shape index (κ2) is 12.7. The van der Waals surface area contributed by atoms with E-state index in [4.69, 9.17) is 11.5 Å². The highest BCUT2D eigenvalue weighted by molar-refractivity contribution is 5.95. The molecule has 1 aromatic heterocycles. The first-order valence-corrected chi connectivity index (χ1v) is 11.3. The monoisotopic (exact) mass is 504 g/mol. The molecule has 196 valence electrons. The van der Waals surface area contributed by atoms with Crippen molar-refractivity contribution < 1.29 is 34.2 Å². The Kier molecular flexibility index (Phi) is 9.93. The fourth-order valence-electron chi connectivity index (χ4n) is 3.55. The molecule has 0 aliphatic carbocycles. The quantitative estimate of drug-likeness (QED) is 0.153. The van der Waals surface area contributed by atoms with Gasteiger partial charge in [-0.25, -0.2) is 4.79 Å². The van der Waals surface area contributed by atoms with Gasteiger partial charge in [0.05, 0.1) is 19.1 Å². The zero-order valence-electron chi connectivity index (χ0n) is 20.0. The number of primary amides is 1. The lowest BCUT2D eigenvalue weighted by atomic mass is 10.0. The molecule has 0 saturated carbocycles. The van der Waals surface area contributed by atoms with Crippen molar-refractivity contribution in [2.45, 2.75) is 50.9 Å². The lowest BCUT2D eigenvalue weighted by Gasteiger charge is -2.25. The van der Waals surface area contributed by atoms with E-state index in [9.17, 15) is 34.2 Å². The third-order valence-electron chi connectivity index (χ3n) is 5.54. The maximum absolute atomic E-state index is 13.1. The van der Waals surface area contributed by atoms with E-state index in [0.29, 0.717) is 5.56 Å². The van der Waals surface area contributed by atoms with Gasteiger partial charge in [-0.15, -0.1) is 0 Å². The molecule has 0 spiro atoms. The second-order valence-corrected chi connectivity index (χ2v) is 8.71. The van der Waals surface area contributed by atoms with Crippen LogP contribution in [0.4, 0.5) is 0 Å². The Morgan fingerprint density at radius 3 is 2.17 bits per heavy atom. The highest BCUT2D eigenvalue weighted by atomic mass is 16.4. The van der Waals surface area contributed by atoms with E-state index in [2.05, 4.69) is 20.9 Å². The number of para-hydroxylation sites is 1. The third kappa shape index (κ3) is 7.52. The predicted octanol–water partition coefficient (Wildman–Crippen LogP) is -1.90. The number of carboxylic acid groups (broad SMARTS) is 1. The largest absolute Gasteiger partial charge is 0.480 e. The number of benzene rings is 1. The molecule has 0 fully saturated rings. The van der Waals surface area contributed by atoms with Gasteiger partial charge in [-0.05, 0) is 17.5 Å². The Morgan fingerprint density at radius 1 is 0.972 bits per heavy atom. The van der Waals surface area contributed by atoms with Gasteiger partial charge in [-0.2, -0.15) is 0 Å². The number of hydrogen-bond acceptors (Lipinski definition) is 7. The Bertz CT molecular complexity index is 1120. The molecule has 4 amide bonds. The van der Waals surface area contributed by atoms with Gasteiger partial charge in [0.1, 0.15) is 18.1 Å². The number of aliphatic hydroxyl groups is 1. The number of aromatic amines is 1. The van der Waals surface area contributed by atoms with Crippen LogP contribution in [0.1, 0.15) is 25.8 Å². The summed E-state index contributed by atoms with van der Waals surface area (Å²) >= 11 is 0. The summed E-state index contributed by atoms with van der Waals surface area (Å²) < 4.78 is 0. The number of H-pyrrole nitrogens is 1. The molecule has 13 heteroatoms. The Balaban J connectivity index is 2.26. The molecule has 2 aromatic rings. The van der Waals surface area contributed by atoms with Gasteiger partial charge in [-0.1, -0.05) is 32.0 Å². The number of carbonyl (C=O) groups is 5. The van der Waals surface area contributed by atoms with Crippen LogP contribution in [0.15, 0.2) is 30.5 Å². The van der Waals surface area contributed by atoms with Gasteiger partial charge in [0.2, 0.25) is 23.6 Å². The molecule has 0 saturated heterocycles. The first-order chi connectivity index (χ1) is 16.9. The lowest BCUT2D eigenvalue weighted by Crippen LogP contribution is -2.59. The zero-order chi connectivity index (χ0) is 27.0. The van der Waals surface area contributed by atoms with E-state index in [1.807, 2.05) is 18.2 Å². The molecule has 1 aromatic carbocycles. The molecule has 13 nitrogen and oxygen atoms in total. The van der Waals surface area contributed by atoms with E-state index in [-0.39, 0.29) is 6.42 Å². The van der Waals surface area contributed by atoms with Crippen molar-refractivity contribution in [3.63, 3.8) is 0 Å². The molecular weight excluding hydrogens is 472 g/mol. The van der Waals surface area contributed by atoms with Crippen molar-refractivity contribution in [3.05, 3.63) is 36.0 Å². The standard InChI is InChI=1S/C23H32N6O7/c1-11(2)19(23(35)36)29-21(33)16(7-12-9-26-15-6-4-3-5-13(12)15)27-22(34)17(10-30)28-20(32)14(24)8-18(25)31/h3-6,9,11,14,16-17,19,26,30H,7-8,10,24H2,1-2H3,(H2,25,31)(H,27,34)(H,28,32)(H,29,33)(H,35,36). The summed E-state index contributed by atoms with van der Waals surface area (Å²) in [6.45, 7) is 2.42. The highest BCUT2D eigenvalue weighted by Crippen LogP contribution is 2.19. The topological polar surface area (TPSA) is 230 Å². The van der Waals surface area contributed by atoms with E-state index in [1.54, 1.807) is 26.1 Å². The van der Waals surface area contributed by atoms with E-state index in [0.717, 1.165) is 10.9 Å². The number of aromatic nitrogens is 1. The molecule has 1 heterocycles. The van der Waals surface area contributed by atoms with Crippen LogP contribution in [-0.2, 0) is 30.4 Å². The number of amides is 4. The molecular formula is C23H32N6O7. The molecule has 0 bridgehead atoms. The second-order valence-electron chi connectivity index (χ2n) is 8.71. The lowest BCUT2D eigenvalue weighted by molar-refractivity contribution is -0.143. The fraction of sp³-hybridized carbons (Fsp3) is 0.435. The van der Waals surface area contributed by atoms with Crippen LogP contribution in [-0.4, -0.2) is 75.6 Å². The molecule has 10 N–H and O–H groups in total. The number of nitrogens with two attached hydrogens (primary N) is 2. The molecule has 4 atom stereocenters. The number of carbonyl (C=O) groups excluding carboxylic acids is 4. The summed E-state index contributed by atoms with van der Waals surface area (Å²) in [7, 11) is 0. The van der Waals surface area contributed by atoms with Crippen molar-refractivity contribution in [3.8, 4) is 0 Å². The average Bonchev–Trinajstić information content (AvgIpc) is 3.21. The number of aliphatic carboxylic acids is 1. The van der Waals surface area contributed by atoms with Crippen LogP contribution in [0, 0.1) is 5.92 Å². The number of hydrogen-bond donors (Lipinski definition) is 8. The first kappa shape index (κ1) is 28.3. The minimum absolute atomic E-state index is 0.0146. The maximum Gasteiger partial charge on any atom is 0.326 e. The van der Waals surface area contributed by atoms with Crippen molar-refractivity contribution in [1.29, 1.82) is 0 Å². The minimum Gasteiger partial charge on any atom is -0.480 e. The van der Waals surface area contributed by atoms with Crippen LogP contribution < -0.4 is 27.4 Å². The molecule has 4 unspecified atom stereocenters. The molecule has 0 aliphatic rings. The smallest absolute Gasteiger partial charge is 0.326 e. The molecule has 0 radical (unpaired) electrons. The third-order valence-corrected chi connectivity index (χ3v) is 5.54. The van der Waals surface area contributed by atoms with Crippen LogP contribution in [0.25, 0.3) is 10.9 Å². The minimum atomic E-state index is -1.49. The van der Waals surface area contributed by atoms with Gasteiger partial charge < -0.3 is 42.6 Å². The zero-order valence-corrected chi connectivity index (χ0v) is 20.0. The molecule has 36 heavy (non-hydrogen) atoms. The normalized spacial score (nSPS) is 14.5. The SMILES string of the molecule is CC(C)C(NC(=O)C(Cc1c[nH]c2ccccc12)NC(=O)C(CO)NC(=O)C(N)CC(N)=O)C(=O)O. The summed E-state index contributed by atoms with van der Waals surface area (Å²) in [6.07, 6.45) is 1.19. The van der Waals surface area contributed by atoms with Gasteiger partial charge >= 0.3 is 5.97 Å². The number of rotatable bonds is 13. The van der Waals surface area contributed by atoms with Gasteiger partial charge in [0.15, 0.2) is 0 Å². The summed E-state index contributed by atoms with van der Waals surface area (Å²) in [5, 5.41) is 27.0. The number of carboxylic acids is 1. The fourth-order valence-corrected chi connectivity index (χ4v) is 3.55. The molecule has 2 rings (SSSR count). The van der Waals surface area contributed by atoms with Crippen molar-refractivity contribution in [1.82, 2.24) is 20.9 Å². The van der Waals surface area contributed by atoms with Crippen LogP contribution in [0.3, 0.4) is 0 Å².